The lowest BCUT2D eigenvalue weighted by molar-refractivity contribution is -0.126. The molecular weight excluding hydrogens is 462 g/mol. The highest BCUT2D eigenvalue weighted by molar-refractivity contribution is 6.04. The summed E-state index contributed by atoms with van der Waals surface area (Å²) in [5.41, 5.74) is 1.05. The number of methoxy groups -OCH3 is 1. The Morgan fingerprint density at radius 1 is 0.861 bits per heavy atom. The molecule has 184 valence electrons. The molecule has 2 N–H and O–H groups in total. The highest BCUT2D eigenvalue weighted by atomic mass is 16.5. The van der Waals surface area contributed by atoms with E-state index in [1.807, 2.05) is 6.07 Å². The fourth-order valence-electron chi connectivity index (χ4n) is 3.65. The van der Waals surface area contributed by atoms with Gasteiger partial charge in [0.2, 0.25) is 11.8 Å². The minimum absolute atomic E-state index is 0.0783. The predicted molar refractivity (Wildman–Crippen MR) is 131 cm³/mol. The van der Waals surface area contributed by atoms with Crippen LogP contribution in [0.3, 0.4) is 0 Å². The van der Waals surface area contributed by atoms with Gasteiger partial charge in [0.05, 0.1) is 32.7 Å². The van der Waals surface area contributed by atoms with Crippen LogP contribution in [0.4, 0.5) is 5.69 Å². The van der Waals surface area contributed by atoms with Crippen molar-refractivity contribution in [2.24, 2.45) is 0 Å². The molecule has 3 amide bonds. The summed E-state index contributed by atoms with van der Waals surface area (Å²) in [6.07, 6.45) is 2.89. The zero-order valence-corrected chi connectivity index (χ0v) is 19.5. The van der Waals surface area contributed by atoms with Crippen molar-refractivity contribution in [3.05, 3.63) is 108 Å². The average Bonchev–Trinajstić information content (AvgIpc) is 3.64. The molecule has 0 bridgehead atoms. The lowest BCUT2D eigenvalue weighted by atomic mass is 10.0. The van der Waals surface area contributed by atoms with Gasteiger partial charge < -0.3 is 24.2 Å². The lowest BCUT2D eigenvalue weighted by Crippen LogP contribution is -2.47. The Kier molecular flexibility index (Phi) is 7.82. The quantitative estimate of drug-likeness (QED) is 0.353. The van der Waals surface area contributed by atoms with Gasteiger partial charge in [-0.1, -0.05) is 30.3 Å². The molecule has 0 saturated heterocycles. The standard InChI is InChI=1S/C27H25N3O6/c1-34-21-13-11-20(12-14-21)30(24(31)18-29-26(32)23-10-6-16-36-23)25(19-7-3-2-4-8-19)27(33)28-17-22-9-5-15-35-22/h2-16,25H,17-18H2,1H3,(H,28,33)(H,29,32)/t25-/m1/s1. The average molecular weight is 488 g/mol. The van der Waals surface area contributed by atoms with Gasteiger partial charge in [-0.15, -0.1) is 0 Å². The van der Waals surface area contributed by atoms with Crippen LogP contribution in [-0.4, -0.2) is 31.4 Å². The second kappa shape index (κ2) is 11.6. The molecular formula is C27H25N3O6. The van der Waals surface area contributed by atoms with Gasteiger partial charge in [-0.05, 0) is 54.1 Å². The van der Waals surface area contributed by atoms with E-state index in [2.05, 4.69) is 10.6 Å². The van der Waals surface area contributed by atoms with Crippen LogP contribution in [0.2, 0.25) is 0 Å². The van der Waals surface area contributed by atoms with Crippen LogP contribution >= 0.6 is 0 Å². The number of hydrogen-bond donors (Lipinski definition) is 2. The fraction of sp³-hybridized carbons (Fsp3) is 0.148. The third-order valence-corrected chi connectivity index (χ3v) is 5.40. The minimum atomic E-state index is -1.03. The van der Waals surface area contributed by atoms with Crippen LogP contribution in [0.1, 0.15) is 27.9 Å². The number of carbonyl (C=O) groups is 3. The second-order valence-corrected chi connectivity index (χ2v) is 7.73. The Bertz CT molecular complexity index is 1270. The first-order valence-electron chi connectivity index (χ1n) is 11.2. The molecule has 9 nitrogen and oxygen atoms in total. The van der Waals surface area contributed by atoms with Crippen LogP contribution in [0.5, 0.6) is 5.75 Å². The van der Waals surface area contributed by atoms with Crippen molar-refractivity contribution in [1.82, 2.24) is 10.6 Å². The molecule has 4 rings (SSSR count). The summed E-state index contributed by atoms with van der Waals surface area (Å²) >= 11 is 0. The van der Waals surface area contributed by atoms with Crippen molar-refractivity contribution < 1.29 is 28.0 Å². The van der Waals surface area contributed by atoms with Crippen molar-refractivity contribution in [1.29, 1.82) is 0 Å². The Morgan fingerprint density at radius 3 is 2.22 bits per heavy atom. The summed E-state index contributed by atoms with van der Waals surface area (Å²) in [7, 11) is 1.54. The number of hydrogen-bond acceptors (Lipinski definition) is 6. The molecule has 0 spiro atoms. The molecule has 2 heterocycles. The van der Waals surface area contributed by atoms with Gasteiger partial charge in [-0.3, -0.25) is 19.3 Å². The Hall–Kier alpha value is -4.79. The van der Waals surface area contributed by atoms with Gasteiger partial charge in [0, 0.05) is 5.69 Å². The van der Waals surface area contributed by atoms with Gasteiger partial charge in [0.1, 0.15) is 17.6 Å². The smallest absolute Gasteiger partial charge is 0.287 e. The molecule has 9 heteroatoms. The number of benzene rings is 2. The van der Waals surface area contributed by atoms with E-state index in [0.29, 0.717) is 22.8 Å². The maximum absolute atomic E-state index is 13.6. The maximum atomic E-state index is 13.6. The molecule has 0 radical (unpaired) electrons. The van der Waals surface area contributed by atoms with E-state index in [-0.39, 0.29) is 18.8 Å². The van der Waals surface area contributed by atoms with Crippen molar-refractivity contribution in [3.8, 4) is 5.75 Å². The number of anilines is 1. The first-order chi connectivity index (χ1) is 17.6. The number of nitrogens with zero attached hydrogens (tertiary/aromatic N) is 1. The minimum Gasteiger partial charge on any atom is -0.497 e. The normalized spacial score (nSPS) is 11.4. The van der Waals surface area contributed by atoms with E-state index < -0.39 is 23.8 Å². The van der Waals surface area contributed by atoms with E-state index in [0.717, 1.165) is 0 Å². The van der Waals surface area contributed by atoms with Gasteiger partial charge in [-0.25, -0.2) is 0 Å². The SMILES string of the molecule is COc1ccc(N(C(=O)CNC(=O)c2ccco2)[C@@H](C(=O)NCc2ccco2)c2ccccc2)cc1. The molecule has 4 aromatic rings. The predicted octanol–water partition coefficient (Wildman–Crippen LogP) is 3.70. The second-order valence-electron chi connectivity index (χ2n) is 7.73. The summed E-state index contributed by atoms with van der Waals surface area (Å²) in [6, 6.07) is 21.2. The van der Waals surface area contributed by atoms with Gasteiger partial charge in [-0.2, -0.15) is 0 Å². The van der Waals surface area contributed by atoms with Crippen molar-refractivity contribution in [3.63, 3.8) is 0 Å². The Morgan fingerprint density at radius 2 is 1.58 bits per heavy atom. The van der Waals surface area contributed by atoms with E-state index >= 15 is 0 Å². The van der Waals surface area contributed by atoms with Gasteiger partial charge >= 0.3 is 0 Å². The summed E-state index contributed by atoms with van der Waals surface area (Å²) < 4.78 is 15.7. The van der Waals surface area contributed by atoms with Crippen LogP contribution in [0.15, 0.2) is 100 Å². The molecule has 0 fully saturated rings. The topological polar surface area (TPSA) is 114 Å². The zero-order valence-electron chi connectivity index (χ0n) is 19.5. The Labute approximate surface area is 207 Å². The molecule has 0 aliphatic rings. The molecule has 0 aliphatic carbocycles. The van der Waals surface area contributed by atoms with E-state index in [4.69, 9.17) is 13.6 Å². The maximum Gasteiger partial charge on any atom is 0.287 e. The molecule has 0 saturated carbocycles. The number of rotatable bonds is 10. The van der Waals surface area contributed by atoms with Crippen LogP contribution < -0.4 is 20.3 Å². The van der Waals surface area contributed by atoms with Crippen molar-refractivity contribution in [2.75, 3.05) is 18.6 Å². The fourth-order valence-corrected chi connectivity index (χ4v) is 3.65. The number of carbonyl (C=O) groups excluding carboxylic acids is 3. The number of ether oxygens (including phenoxy) is 1. The lowest BCUT2D eigenvalue weighted by Gasteiger charge is -2.31. The summed E-state index contributed by atoms with van der Waals surface area (Å²) in [5.74, 6) is -0.212. The largest absolute Gasteiger partial charge is 0.497 e. The summed E-state index contributed by atoms with van der Waals surface area (Å²) in [5, 5.41) is 5.41. The van der Waals surface area contributed by atoms with Crippen LogP contribution in [-0.2, 0) is 16.1 Å². The Balaban J connectivity index is 1.66. The number of nitrogens with one attached hydrogen (secondary N) is 2. The monoisotopic (exact) mass is 487 g/mol. The third kappa shape index (κ3) is 5.82. The number of furan rings is 2. The van der Waals surface area contributed by atoms with Crippen molar-refractivity contribution in [2.45, 2.75) is 12.6 Å². The molecule has 2 aromatic heterocycles. The van der Waals surface area contributed by atoms with E-state index in [1.54, 1.807) is 66.7 Å². The summed E-state index contributed by atoms with van der Waals surface area (Å²) in [6.45, 7) is -0.213. The summed E-state index contributed by atoms with van der Waals surface area (Å²) in [4.78, 5) is 40.8. The first kappa shape index (κ1) is 24.3. The zero-order chi connectivity index (χ0) is 25.3. The van der Waals surface area contributed by atoms with Crippen LogP contribution in [0.25, 0.3) is 0 Å². The molecule has 0 unspecified atom stereocenters. The highest BCUT2D eigenvalue weighted by Crippen LogP contribution is 2.29. The molecule has 0 aliphatic heterocycles. The van der Waals surface area contributed by atoms with E-state index in [9.17, 15) is 14.4 Å². The third-order valence-electron chi connectivity index (χ3n) is 5.40. The molecule has 36 heavy (non-hydrogen) atoms. The van der Waals surface area contributed by atoms with Crippen LogP contribution in [0, 0.1) is 0 Å². The highest BCUT2D eigenvalue weighted by Gasteiger charge is 2.33. The first-order valence-corrected chi connectivity index (χ1v) is 11.2. The van der Waals surface area contributed by atoms with Crippen molar-refractivity contribution >= 4 is 23.4 Å². The number of amides is 3. The van der Waals surface area contributed by atoms with E-state index in [1.165, 1.54) is 30.6 Å². The van der Waals surface area contributed by atoms with Gasteiger partial charge in [0.25, 0.3) is 5.91 Å². The molecule has 1 atom stereocenters. The molecule has 2 aromatic carbocycles. The van der Waals surface area contributed by atoms with Gasteiger partial charge in [0.15, 0.2) is 5.76 Å².